The van der Waals surface area contributed by atoms with E-state index < -0.39 is 5.97 Å². The number of amides is 1. The maximum Gasteiger partial charge on any atom is 0.305 e. The predicted molar refractivity (Wildman–Crippen MR) is 78.0 cm³/mol. The minimum atomic E-state index is -0.854. The van der Waals surface area contributed by atoms with Gasteiger partial charge in [-0.25, -0.2) is 0 Å². The fourth-order valence-electron chi connectivity index (χ4n) is 2.67. The molecule has 1 aromatic rings. The van der Waals surface area contributed by atoms with Crippen molar-refractivity contribution in [3.05, 3.63) is 17.0 Å². The van der Waals surface area contributed by atoms with E-state index in [9.17, 15) is 9.59 Å². The standard InChI is InChI=1S/C15H23N3O3/c1-10-13(11(2)17(3)16-10)6-7-14(19)18(12-4-5-12)9-8-15(20)21/h12H,4-9H2,1-3H3,(H,20,21). The highest BCUT2D eigenvalue weighted by molar-refractivity contribution is 5.78. The SMILES string of the molecule is Cc1nn(C)c(C)c1CCC(=O)N(CCC(=O)O)C1CC1. The van der Waals surface area contributed by atoms with Crippen LogP contribution in [0.5, 0.6) is 0 Å². The Kier molecular flexibility index (Phi) is 4.65. The van der Waals surface area contributed by atoms with Gasteiger partial charge in [0.1, 0.15) is 0 Å². The summed E-state index contributed by atoms with van der Waals surface area (Å²) in [6, 6.07) is 0.257. The Hall–Kier alpha value is -1.85. The first-order chi connectivity index (χ1) is 9.90. The van der Waals surface area contributed by atoms with Crippen LogP contribution in [-0.2, 0) is 23.1 Å². The lowest BCUT2D eigenvalue weighted by molar-refractivity contribution is -0.138. The molecule has 0 aromatic carbocycles. The van der Waals surface area contributed by atoms with Gasteiger partial charge in [-0.05, 0) is 38.7 Å². The van der Waals surface area contributed by atoms with Gasteiger partial charge in [-0.2, -0.15) is 5.10 Å². The zero-order valence-corrected chi connectivity index (χ0v) is 12.9. The van der Waals surface area contributed by atoms with Crippen LogP contribution in [0, 0.1) is 13.8 Å². The number of hydrogen-bond acceptors (Lipinski definition) is 3. The van der Waals surface area contributed by atoms with E-state index in [1.807, 2.05) is 25.6 Å². The summed E-state index contributed by atoms with van der Waals surface area (Å²) in [7, 11) is 1.90. The van der Waals surface area contributed by atoms with Crippen LogP contribution in [0.2, 0.25) is 0 Å². The number of aryl methyl sites for hydroxylation is 2. The predicted octanol–water partition coefficient (Wildman–Crippen LogP) is 1.44. The second-order valence-corrected chi connectivity index (χ2v) is 5.74. The van der Waals surface area contributed by atoms with Crippen LogP contribution in [0.4, 0.5) is 0 Å². The molecule has 0 spiro atoms. The van der Waals surface area contributed by atoms with Gasteiger partial charge >= 0.3 is 5.97 Å². The summed E-state index contributed by atoms with van der Waals surface area (Å²) in [5, 5.41) is 13.1. The first kappa shape index (κ1) is 15.5. The Morgan fingerprint density at radius 1 is 1.33 bits per heavy atom. The van der Waals surface area contributed by atoms with Crippen LogP contribution in [0.1, 0.15) is 42.6 Å². The van der Waals surface area contributed by atoms with Crippen molar-refractivity contribution >= 4 is 11.9 Å². The van der Waals surface area contributed by atoms with Crippen LogP contribution in [0.25, 0.3) is 0 Å². The molecule has 1 aromatic heterocycles. The highest BCUT2D eigenvalue weighted by Gasteiger charge is 2.32. The lowest BCUT2D eigenvalue weighted by atomic mass is 10.1. The van der Waals surface area contributed by atoms with E-state index in [1.165, 1.54) is 0 Å². The van der Waals surface area contributed by atoms with E-state index >= 15 is 0 Å². The molecule has 21 heavy (non-hydrogen) atoms. The Morgan fingerprint density at radius 3 is 2.48 bits per heavy atom. The molecule has 1 amide bonds. The largest absolute Gasteiger partial charge is 0.481 e. The smallest absolute Gasteiger partial charge is 0.305 e. The third-order valence-corrected chi connectivity index (χ3v) is 4.12. The number of carboxylic acids is 1. The molecular weight excluding hydrogens is 270 g/mol. The molecule has 1 saturated carbocycles. The highest BCUT2D eigenvalue weighted by atomic mass is 16.4. The average molecular weight is 293 g/mol. The fraction of sp³-hybridized carbons (Fsp3) is 0.667. The summed E-state index contributed by atoms with van der Waals surface area (Å²) in [4.78, 5) is 24.8. The van der Waals surface area contributed by atoms with E-state index in [0.717, 1.165) is 29.8 Å². The number of rotatable bonds is 7. The summed E-state index contributed by atoms with van der Waals surface area (Å²) in [5.74, 6) is -0.797. The Bertz CT molecular complexity index is 547. The molecule has 0 aliphatic heterocycles. The van der Waals surface area contributed by atoms with Crippen molar-refractivity contribution in [2.45, 2.75) is 52.0 Å². The molecule has 1 N–H and O–H groups in total. The number of carbonyl (C=O) groups excluding carboxylic acids is 1. The third kappa shape index (κ3) is 3.83. The van der Waals surface area contributed by atoms with Crippen molar-refractivity contribution in [1.82, 2.24) is 14.7 Å². The first-order valence-electron chi connectivity index (χ1n) is 7.40. The maximum atomic E-state index is 12.3. The second kappa shape index (κ2) is 6.28. The van der Waals surface area contributed by atoms with E-state index in [0.29, 0.717) is 19.4 Å². The molecule has 1 aliphatic rings. The summed E-state index contributed by atoms with van der Waals surface area (Å²) in [6.45, 7) is 4.28. The Balaban J connectivity index is 1.94. The molecular formula is C15H23N3O3. The molecule has 116 valence electrons. The van der Waals surface area contributed by atoms with Gasteiger partial charge in [0.15, 0.2) is 0 Å². The van der Waals surface area contributed by atoms with Crippen molar-refractivity contribution in [2.24, 2.45) is 7.05 Å². The van der Waals surface area contributed by atoms with Gasteiger partial charge in [0.05, 0.1) is 12.1 Å². The summed E-state index contributed by atoms with van der Waals surface area (Å²) in [5.41, 5.74) is 3.18. The van der Waals surface area contributed by atoms with Gasteiger partial charge in [0.25, 0.3) is 0 Å². The fourth-order valence-corrected chi connectivity index (χ4v) is 2.67. The zero-order valence-electron chi connectivity index (χ0n) is 12.9. The number of carboxylic acid groups (broad SMARTS) is 1. The topological polar surface area (TPSA) is 75.4 Å². The third-order valence-electron chi connectivity index (χ3n) is 4.12. The molecule has 0 bridgehead atoms. The van der Waals surface area contributed by atoms with E-state index in [2.05, 4.69) is 5.10 Å². The van der Waals surface area contributed by atoms with Crippen molar-refractivity contribution in [3.8, 4) is 0 Å². The molecule has 0 saturated heterocycles. The number of carbonyl (C=O) groups is 2. The Morgan fingerprint density at radius 2 is 2.00 bits per heavy atom. The summed E-state index contributed by atoms with van der Waals surface area (Å²) < 4.78 is 1.83. The molecule has 0 atom stereocenters. The lowest BCUT2D eigenvalue weighted by Gasteiger charge is -2.21. The normalized spacial score (nSPS) is 14.2. The number of hydrogen-bond donors (Lipinski definition) is 1. The van der Waals surface area contributed by atoms with Gasteiger partial charge < -0.3 is 10.0 Å². The quantitative estimate of drug-likeness (QED) is 0.825. The van der Waals surface area contributed by atoms with Crippen molar-refractivity contribution in [3.63, 3.8) is 0 Å². The molecule has 0 unspecified atom stereocenters. The monoisotopic (exact) mass is 293 g/mol. The van der Waals surface area contributed by atoms with Crippen molar-refractivity contribution < 1.29 is 14.7 Å². The van der Waals surface area contributed by atoms with E-state index in [4.69, 9.17) is 5.11 Å². The van der Waals surface area contributed by atoms with Crippen molar-refractivity contribution in [1.29, 1.82) is 0 Å². The minimum absolute atomic E-state index is 0.0210. The molecule has 6 heteroatoms. The number of aromatic nitrogens is 2. The minimum Gasteiger partial charge on any atom is -0.481 e. The summed E-state index contributed by atoms with van der Waals surface area (Å²) in [6.07, 6.45) is 3.10. The molecule has 2 rings (SSSR count). The molecule has 1 aliphatic carbocycles. The van der Waals surface area contributed by atoms with Crippen LogP contribution < -0.4 is 0 Å². The van der Waals surface area contributed by atoms with Gasteiger partial charge in [0, 0.05) is 31.7 Å². The average Bonchev–Trinajstić information content (AvgIpc) is 3.19. The summed E-state index contributed by atoms with van der Waals surface area (Å²) >= 11 is 0. The molecule has 6 nitrogen and oxygen atoms in total. The van der Waals surface area contributed by atoms with Crippen LogP contribution >= 0.6 is 0 Å². The van der Waals surface area contributed by atoms with Gasteiger partial charge in [-0.3, -0.25) is 14.3 Å². The second-order valence-electron chi connectivity index (χ2n) is 5.74. The van der Waals surface area contributed by atoms with Gasteiger partial charge in [0.2, 0.25) is 5.91 Å². The van der Waals surface area contributed by atoms with Gasteiger partial charge in [-0.15, -0.1) is 0 Å². The zero-order chi connectivity index (χ0) is 15.6. The number of aliphatic carboxylic acids is 1. The molecule has 1 heterocycles. The number of nitrogens with zero attached hydrogens (tertiary/aromatic N) is 3. The van der Waals surface area contributed by atoms with Gasteiger partial charge in [-0.1, -0.05) is 0 Å². The van der Waals surface area contributed by atoms with E-state index in [1.54, 1.807) is 4.90 Å². The molecule has 0 radical (unpaired) electrons. The van der Waals surface area contributed by atoms with Crippen LogP contribution in [0.3, 0.4) is 0 Å². The Labute approximate surface area is 124 Å². The molecule has 1 fully saturated rings. The first-order valence-corrected chi connectivity index (χ1v) is 7.40. The van der Waals surface area contributed by atoms with Crippen molar-refractivity contribution in [2.75, 3.05) is 6.54 Å². The van der Waals surface area contributed by atoms with Crippen LogP contribution in [-0.4, -0.2) is 44.3 Å². The maximum absolute atomic E-state index is 12.3. The lowest BCUT2D eigenvalue weighted by Crippen LogP contribution is -2.35. The highest BCUT2D eigenvalue weighted by Crippen LogP contribution is 2.28. The van der Waals surface area contributed by atoms with E-state index in [-0.39, 0.29) is 18.4 Å². The van der Waals surface area contributed by atoms with Crippen LogP contribution in [0.15, 0.2) is 0 Å².